The molecule has 0 saturated heterocycles. The van der Waals surface area contributed by atoms with E-state index in [-0.39, 0.29) is 11.9 Å². The first-order chi connectivity index (χ1) is 9.06. The van der Waals surface area contributed by atoms with Gasteiger partial charge in [-0.25, -0.2) is 0 Å². The second-order valence-electron chi connectivity index (χ2n) is 4.36. The van der Waals surface area contributed by atoms with E-state index in [0.29, 0.717) is 36.6 Å². The molecule has 0 aliphatic rings. The Morgan fingerprint density at radius 3 is 2.79 bits per heavy atom. The van der Waals surface area contributed by atoms with Crippen molar-refractivity contribution in [2.24, 2.45) is 5.73 Å². The standard InChI is InChI=1S/C14H22N2O3/c1-4-19-13-7-6-11(18-3)9-12(13)16-14(17)8-5-10(2)15/h6-7,9-10H,4-5,8,15H2,1-3H3,(H,16,17). The number of carbonyl (C=O) groups excluding carboxylic acids is 1. The van der Waals surface area contributed by atoms with Crippen LogP contribution in [0.15, 0.2) is 18.2 Å². The van der Waals surface area contributed by atoms with Crippen LogP contribution in [0.3, 0.4) is 0 Å². The Kier molecular flexibility index (Phi) is 6.15. The number of nitrogens with one attached hydrogen (secondary N) is 1. The van der Waals surface area contributed by atoms with Crippen molar-refractivity contribution in [3.8, 4) is 11.5 Å². The zero-order valence-corrected chi connectivity index (χ0v) is 11.7. The van der Waals surface area contributed by atoms with Crippen LogP contribution in [0, 0.1) is 0 Å². The summed E-state index contributed by atoms with van der Waals surface area (Å²) in [5, 5.41) is 2.83. The second-order valence-corrected chi connectivity index (χ2v) is 4.36. The van der Waals surface area contributed by atoms with Crippen molar-refractivity contribution in [1.82, 2.24) is 0 Å². The molecular weight excluding hydrogens is 244 g/mol. The van der Waals surface area contributed by atoms with Crippen LogP contribution >= 0.6 is 0 Å². The number of nitrogens with two attached hydrogens (primary N) is 1. The third-order valence-corrected chi connectivity index (χ3v) is 2.59. The molecule has 19 heavy (non-hydrogen) atoms. The van der Waals surface area contributed by atoms with Crippen LogP contribution in [-0.4, -0.2) is 25.7 Å². The van der Waals surface area contributed by atoms with Crippen LogP contribution in [0.2, 0.25) is 0 Å². The fraction of sp³-hybridized carbons (Fsp3) is 0.500. The van der Waals surface area contributed by atoms with Crippen molar-refractivity contribution in [2.45, 2.75) is 32.7 Å². The number of methoxy groups -OCH3 is 1. The molecule has 5 heteroatoms. The van der Waals surface area contributed by atoms with Gasteiger partial charge in [0, 0.05) is 18.5 Å². The molecule has 0 aliphatic carbocycles. The molecule has 1 amide bonds. The number of anilines is 1. The summed E-state index contributed by atoms with van der Waals surface area (Å²) in [5.41, 5.74) is 6.25. The van der Waals surface area contributed by atoms with Crippen LogP contribution in [0.25, 0.3) is 0 Å². The van der Waals surface area contributed by atoms with Gasteiger partial charge in [0.2, 0.25) is 5.91 Å². The topological polar surface area (TPSA) is 73.6 Å². The highest BCUT2D eigenvalue weighted by Gasteiger charge is 2.10. The van der Waals surface area contributed by atoms with E-state index in [0.717, 1.165) is 0 Å². The Labute approximate surface area is 114 Å². The highest BCUT2D eigenvalue weighted by molar-refractivity contribution is 5.92. The lowest BCUT2D eigenvalue weighted by Gasteiger charge is -2.13. The van der Waals surface area contributed by atoms with Crippen LogP contribution in [0.1, 0.15) is 26.7 Å². The summed E-state index contributed by atoms with van der Waals surface area (Å²) in [4.78, 5) is 11.8. The predicted molar refractivity (Wildman–Crippen MR) is 75.7 cm³/mol. The maximum atomic E-state index is 11.8. The van der Waals surface area contributed by atoms with Gasteiger partial charge in [0.15, 0.2) is 0 Å². The maximum Gasteiger partial charge on any atom is 0.224 e. The zero-order valence-electron chi connectivity index (χ0n) is 11.7. The number of benzene rings is 1. The van der Waals surface area contributed by atoms with Crippen molar-refractivity contribution in [3.63, 3.8) is 0 Å². The molecule has 0 spiro atoms. The highest BCUT2D eigenvalue weighted by Crippen LogP contribution is 2.29. The van der Waals surface area contributed by atoms with Gasteiger partial charge in [0.05, 0.1) is 19.4 Å². The average Bonchev–Trinajstić information content (AvgIpc) is 2.38. The highest BCUT2D eigenvalue weighted by atomic mass is 16.5. The quantitative estimate of drug-likeness (QED) is 0.793. The molecule has 0 radical (unpaired) electrons. The summed E-state index contributed by atoms with van der Waals surface area (Å²) in [5.74, 6) is 1.23. The number of amides is 1. The second kappa shape index (κ2) is 7.63. The van der Waals surface area contributed by atoms with E-state index in [1.54, 1.807) is 25.3 Å². The van der Waals surface area contributed by atoms with Gasteiger partial charge < -0.3 is 20.5 Å². The first-order valence-electron chi connectivity index (χ1n) is 6.43. The summed E-state index contributed by atoms with van der Waals surface area (Å²) < 4.78 is 10.6. The first-order valence-corrected chi connectivity index (χ1v) is 6.43. The van der Waals surface area contributed by atoms with Gasteiger partial charge in [-0.3, -0.25) is 4.79 Å². The maximum absolute atomic E-state index is 11.8. The molecule has 5 nitrogen and oxygen atoms in total. The van der Waals surface area contributed by atoms with Crippen LogP contribution in [0.5, 0.6) is 11.5 Å². The molecule has 1 rings (SSSR count). The molecule has 106 valence electrons. The Balaban J connectivity index is 2.75. The SMILES string of the molecule is CCOc1ccc(OC)cc1NC(=O)CCC(C)N. The molecule has 1 unspecified atom stereocenters. The number of rotatable bonds is 7. The predicted octanol–water partition coefficient (Wildman–Crippen LogP) is 2.16. The molecular formula is C14H22N2O3. The summed E-state index contributed by atoms with van der Waals surface area (Å²) >= 11 is 0. The van der Waals surface area contributed by atoms with E-state index in [1.165, 1.54) is 0 Å². The minimum Gasteiger partial charge on any atom is -0.497 e. The van der Waals surface area contributed by atoms with Crippen LogP contribution < -0.4 is 20.5 Å². The van der Waals surface area contributed by atoms with E-state index in [1.807, 2.05) is 13.8 Å². The van der Waals surface area contributed by atoms with Crippen molar-refractivity contribution in [3.05, 3.63) is 18.2 Å². The lowest BCUT2D eigenvalue weighted by molar-refractivity contribution is -0.116. The average molecular weight is 266 g/mol. The van der Waals surface area contributed by atoms with Gasteiger partial charge in [-0.2, -0.15) is 0 Å². The minimum absolute atomic E-state index is 0.0161. The first kappa shape index (κ1) is 15.3. The molecule has 1 aromatic rings. The summed E-state index contributed by atoms with van der Waals surface area (Å²) in [6.45, 7) is 4.31. The summed E-state index contributed by atoms with van der Waals surface area (Å²) in [6.07, 6.45) is 1.04. The van der Waals surface area contributed by atoms with Gasteiger partial charge in [0.1, 0.15) is 11.5 Å². The molecule has 1 aromatic carbocycles. The number of carbonyl (C=O) groups is 1. The fourth-order valence-corrected chi connectivity index (χ4v) is 1.59. The van der Waals surface area contributed by atoms with Gasteiger partial charge in [0.25, 0.3) is 0 Å². The summed E-state index contributed by atoms with van der Waals surface area (Å²) in [6, 6.07) is 5.34. The fourth-order valence-electron chi connectivity index (χ4n) is 1.59. The van der Waals surface area contributed by atoms with E-state index < -0.39 is 0 Å². The number of hydrogen-bond acceptors (Lipinski definition) is 4. The van der Waals surface area contributed by atoms with E-state index in [4.69, 9.17) is 15.2 Å². The van der Waals surface area contributed by atoms with E-state index >= 15 is 0 Å². The Hall–Kier alpha value is -1.75. The molecule has 0 aromatic heterocycles. The lowest BCUT2D eigenvalue weighted by atomic mass is 10.2. The van der Waals surface area contributed by atoms with Crippen LogP contribution in [-0.2, 0) is 4.79 Å². The summed E-state index contributed by atoms with van der Waals surface area (Å²) in [7, 11) is 1.58. The Bertz CT molecular complexity index is 419. The molecule has 0 bridgehead atoms. The zero-order chi connectivity index (χ0) is 14.3. The minimum atomic E-state index is -0.0773. The van der Waals surface area contributed by atoms with Gasteiger partial charge in [-0.1, -0.05) is 0 Å². The monoisotopic (exact) mass is 266 g/mol. The molecule has 1 atom stereocenters. The van der Waals surface area contributed by atoms with Gasteiger partial charge in [-0.05, 0) is 32.4 Å². The third-order valence-electron chi connectivity index (χ3n) is 2.59. The van der Waals surface area contributed by atoms with Crippen LogP contribution in [0.4, 0.5) is 5.69 Å². The van der Waals surface area contributed by atoms with Gasteiger partial charge in [-0.15, -0.1) is 0 Å². The number of hydrogen-bond donors (Lipinski definition) is 2. The molecule has 3 N–H and O–H groups in total. The van der Waals surface area contributed by atoms with Crippen molar-refractivity contribution < 1.29 is 14.3 Å². The largest absolute Gasteiger partial charge is 0.497 e. The van der Waals surface area contributed by atoms with Crippen molar-refractivity contribution in [1.29, 1.82) is 0 Å². The Morgan fingerprint density at radius 2 is 2.21 bits per heavy atom. The van der Waals surface area contributed by atoms with Crippen molar-refractivity contribution in [2.75, 3.05) is 19.0 Å². The Morgan fingerprint density at radius 1 is 1.47 bits per heavy atom. The van der Waals surface area contributed by atoms with Gasteiger partial charge >= 0.3 is 0 Å². The van der Waals surface area contributed by atoms with E-state index in [2.05, 4.69) is 5.32 Å². The molecule has 0 heterocycles. The smallest absolute Gasteiger partial charge is 0.224 e. The number of ether oxygens (including phenoxy) is 2. The normalized spacial score (nSPS) is 11.8. The molecule has 0 aliphatic heterocycles. The van der Waals surface area contributed by atoms with E-state index in [9.17, 15) is 4.79 Å². The molecule has 0 saturated carbocycles. The van der Waals surface area contributed by atoms with Crippen molar-refractivity contribution >= 4 is 11.6 Å². The third kappa shape index (κ3) is 5.18. The molecule has 0 fully saturated rings. The lowest BCUT2D eigenvalue weighted by Crippen LogP contribution is -2.19.